The lowest BCUT2D eigenvalue weighted by Crippen LogP contribution is -2.12. The van der Waals surface area contributed by atoms with E-state index in [-0.39, 0.29) is 27.7 Å². The van der Waals surface area contributed by atoms with Crippen LogP contribution >= 0.6 is 11.6 Å². The third kappa shape index (κ3) is 4.74. The smallest absolute Gasteiger partial charge is 0.435 e. The Hall–Kier alpha value is -3.85. The van der Waals surface area contributed by atoms with Crippen molar-refractivity contribution in [2.75, 3.05) is 12.4 Å². The lowest BCUT2D eigenvalue weighted by Gasteiger charge is -2.10. The van der Waals surface area contributed by atoms with Crippen LogP contribution in [-0.2, 0) is 6.18 Å². The average Bonchev–Trinajstić information content (AvgIpc) is 3.26. The van der Waals surface area contributed by atoms with Crippen molar-refractivity contribution in [3.05, 3.63) is 94.9 Å². The zero-order valence-electron chi connectivity index (χ0n) is 17.5. The molecule has 4 aromatic rings. The number of rotatable bonds is 5. The largest absolute Gasteiger partial charge is 0.494 e. The lowest BCUT2D eigenvalue weighted by molar-refractivity contribution is -0.141. The number of methoxy groups -OCH3 is 1. The minimum Gasteiger partial charge on any atom is -0.494 e. The molecular weight excluding hydrogens is 474 g/mol. The summed E-state index contributed by atoms with van der Waals surface area (Å²) < 4.78 is 59.7. The highest BCUT2D eigenvalue weighted by Crippen LogP contribution is 2.34. The van der Waals surface area contributed by atoms with E-state index >= 15 is 0 Å². The van der Waals surface area contributed by atoms with Gasteiger partial charge in [-0.25, -0.2) is 9.07 Å². The highest BCUT2D eigenvalue weighted by Gasteiger charge is 2.35. The van der Waals surface area contributed by atoms with Gasteiger partial charge in [-0.3, -0.25) is 4.79 Å². The summed E-state index contributed by atoms with van der Waals surface area (Å²) in [5, 5.41) is 6.56. The number of nitrogens with zero attached hydrogens (tertiary/aromatic N) is 2. The van der Waals surface area contributed by atoms with Crippen molar-refractivity contribution in [3.8, 4) is 22.7 Å². The molecule has 4 rings (SSSR count). The minimum atomic E-state index is -4.66. The number of ether oxygens (including phenoxy) is 1. The monoisotopic (exact) mass is 489 g/mol. The topological polar surface area (TPSA) is 56.1 Å². The van der Waals surface area contributed by atoms with E-state index in [1.807, 2.05) is 0 Å². The number of nitrogens with one attached hydrogen (secondary N) is 1. The number of para-hydroxylation sites is 1. The normalized spacial score (nSPS) is 11.4. The molecule has 0 radical (unpaired) electrons. The molecule has 1 aromatic heterocycles. The number of hydrogen-bond donors (Lipinski definition) is 1. The van der Waals surface area contributed by atoms with E-state index in [1.54, 1.807) is 24.3 Å². The Labute approximate surface area is 196 Å². The molecule has 10 heteroatoms. The van der Waals surface area contributed by atoms with Gasteiger partial charge >= 0.3 is 6.18 Å². The highest BCUT2D eigenvalue weighted by atomic mass is 35.5. The number of benzene rings is 3. The summed E-state index contributed by atoms with van der Waals surface area (Å²) in [6, 6.07) is 17.1. The Balaban J connectivity index is 1.66. The maximum absolute atomic E-state index is 13.6. The summed E-state index contributed by atoms with van der Waals surface area (Å²) >= 11 is 6.19. The molecule has 0 fully saturated rings. The first-order valence-corrected chi connectivity index (χ1v) is 10.2. The fourth-order valence-corrected chi connectivity index (χ4v) is 3.48. The molecule has 0 spiro atoms. The third-order valence-corrected chi connectivity index (χ3v) is 5.25. The van der Waals surface area contributed by atoms with Crippen LogP contribution in [0.25, 0.3) is 16.9 Å². The minimum absolute atomic E-state index is 0.0264. The van der Waals surface area contributed by atoms with E-state index in [1.165, 1.54) is 43.5 Å². The second kappa shape index (κ2) is 9.18. The van der Waals surface area contributed by atoms with Crippen LogP contribution in [0.3, 0.4) is 0 Å². The summed E-state index contributed by atoms with van der Waals surface area (Å²) in [7, 11) is 1.31. The van der Waals surface area contributed by atoms with Gasteiger partial charge in [-0.2, -0.15) is 18.3 Å². The van der Waals surface area contributed by atoms with Gasteiger partial charge < -0.3 is 10.1 Å². The first-order valence-electron chi connectivity index (χ1n) is 9.85. The van der Waals surface area contributed by atoms with E-state index in [4.69, 9.17) is 16.3 Å². The Morgan fingerprint density at radius 3 is 2.38 bits per heavy atom. The van der Waals surface area contributed by atoms with Crippen molar-refractivity contribution < 1.29 is 27.1 Å². The zero-order valence-corrected chi connectivity index (χ0v) is 18.3. The Kier molecular flexibility index (Phi) is 6.30. The standard InChI is InChI=1S/C24H16ClF4N3O2/c1-34-21-12-16(10-11-18(21)26)30-23(33)15-8-6-14(7-9-15)20-13-22(24(27,28)29)31-32(20)19-5-3-2-4-17(19)25/h2-13H,1H3,(H,30,33). The first kappa shape index (κ1) is 23.3. The number of hydrogen-bond acceptors (Lipinski definition) is 3. The van der Waals surface area contributed by atoms with Crippen molar-refractivity contribution >= 4 is 23.2 Å². The van der Waals surface area contributed by atoms with E-state index in [0.29, 0.717) is 11.3 Å². The molecule has 1 heterocycles. The van der Waals surface area contributed by atoms with Crippen LogP contribution in [-0.4, -0.2) is 22.8 Å². The quantitative estimate of drug-likeness (QED) is 0.321. The SMILES string of the molecule is COc1cc(NC(=O)c2ccc(-c3cc(C(F)(F)F)nn3-c3ccccc3Cl)cc2)ccc1F. The predicted octanol–water partition coefficient (Wildman–Crippen LogP) is 6.61. The number of halogens is 5. The maximum atomic E-state index is 13.6. The van der Waals surface area contributed by atoms with Crippen LogP contribution in [0.1, 0.15) is 16.1 Å². The molecule has 34 heavy (non-hydrogen) atoms. The molecule has 1 amide bonds. The summed E-state index contributed by atoms with van der Waals surface area (Å²) in [5.74, 6) is -1.09. The third-order valence-electron chi connectivity index (χ3n) is 4.93. The second-order valence-electron chi connectivity index (χ2n) is 7.16. The van der Waals surface area contributed by atoms with Crippen molar-refractivity contribution in [1.82, 2.24) is 9.78 Å². The van der Waals surface area contributed by atoms with Crippen molar-refractivity contribution in [2.45, 2.75) is 6.18 Å². The fourth-order valence-electron chi connectivity index (χ4n) is 3.27. The Morgan fingerprint density at radius 2 is 1.74 bits per heavy atom. The molecule has 1 N–H and O–H groups in total. The van der Waals surface area contributed by atoms with Crippen LogP contribution in [0.15, 0.2) is 72.8 Å². The van der Waals surface area contributed by atoms with E-state index < -0.39 is 23.6 Å². The number of alkyl halides is 3. The predicted molar refractivity (Wildman–Crippen MR) is 120 cm³/mol. The number of anilines is 1. The maximum Gasteiger partial charge on any atom is 0.435 e. The summed E-state index contributed by atoms with van der Waals surface area (Å²) in [4.78, 5) is 12.6. The molecule has 0 unspecified atom stereocenters. The van der Waals surface area contributed by atoms with Crippen molar-refractivity contribution in [2.24, 2.45) is 0 Å². The molecule has 0 saturated carbocycles. The summed E-state index contributed by atoms with van der Waals surface area (Å²) in [5.41, 5.74) is 0.306. The average molecular weight is 490 g/mol. The molecule has 3 aromatic carbocycles. The number of aromatic nitrogens is 2. The van der Waals surface area contributed by atoms with Gasteiger partial charge in [0.25, 0.3) is 5.91 Å². The van der Waals surface area contributed by atoms with Crippen LogP contribution in [0.4, 0.5) is 23.2 Å². The van der Waals surface area contributed by atoms with Gasteiger partial charge in [-0.1, -0.05) is 35.9 Å². The van der Waals surface area contributed by atoms with Gasteiger partial charge in [0.1, 0.15) is 0 Å². The van der Waals surface area contributed by atoms with Gasteiger partial charge in [-0.05, 0) is 42.5 Å². The van der Waals surface area contributed by atoms with Gasteiger partial charge in [0.05, 0.1) is 23.5 Å². The van der Waals surface area contributed by atoms with Gasteiger partial charge in [0.15, 0.2) is 17.3 Å². The van der Waals surface area contributed by atoms with Gasteiger partial charge in [0, 0.05) is 22.9 Å². The van der Waals surface area contributed by atoms with Gasteiger partial charge in [0.2, 0.25) is 0 Å². The molecule has 0 aliphatic heterocycles. The van der Waals surface area contributed by atoms with Crippen LogP contribution in [0.5, 0.6) is 5.75 Å². The Morgan fingerprint density at radius 1 is 1.03 bits per heavy atom. The fraction of sp³-hybridized carbons (Fsp3) is 0.0833. The molecule has 5 nitrogen and oxygen atoms in total. The van der Waals surface area contributed by atoms with E-state index in [0.717, 1.165) is 16.8 Å². The van der Waals surface area contributed by atoms with Crippen LogP contribution < -0.4 is 10.1 Å². The molecule has 174 valence electrons. The van der Waals surface area contributed by atoms with E-state index in [9.17, 15) is 22.4 Å². The molecule has 0 atom stereocenters. The van der Waals surface area contributed by atoms with Crippen molar-refractivity contribution in [1.29, 1.82) is 0 Å². The number of carbonyl (C=O) groups is 1. The van der Waals surface area contributed by atoms with Crippen LogP contribution in [0.2, 0.25) is 5.02 Å². The lowest BCUT2D eigenvalue weighted by atomic mass is 10.1. The molecule has 0 aliphatic carbocycles. The zero-order chi connectivity index (χ0) is 24.5. The Bertz CT molecular complexity index is 1350. The highest BCUT2D eigenvalue weighted by molar-refractivity contribution is 6.32. The summed E-state index contributed by atoms with van der Waals surface area (Å²) in [6.07, 6.45) is -4.66. The number of carbonyl (C=O) groups excluding carboxylic acids is 1. The van der Waals surface area contributed by atoms with Crippen LogP contribution in [0, 0.1) is 5.82 Å². The summed E-state index contributed by atoms with van der Waals surface area (Å²) in [6.45, 7) is 0. The van der Waals surface area contributed by atoms with Gasteiger partial charge in [-0.15, -0.1) is 0 Å². The molecular formula is C24H16ClF4N3O2. The van der Waals surface area contributed by atoms with Crippen molar-refractivity contribution in [3.63, 3.8) is 0 Å². The number of amides is 1. The first-order chi connectivity index (χ1) is 16.2. The molecule has 0 aliphatic rings. The van der Waals surface area contributed by atoms with E-state index in [2.05, 4.69) is 10.4 Å². The second-order valence-corrected chi connectivity index (χ2v) is 7.56. The molecule has 0 saturated heterocycles. The molecule has 0 bridgehead atoms.